The molecule has 1 fully saturated rings. The smallest absolute Gasteiger partial charge is 0.243 e. The van der Waals surface area contributed by atoms with Crippen LogP contribution in [-0.2, 0) is 73.6 Å². The molecular formula is C56H63N9O11. The zero-order valence-electron chi connectivity index (χ0n) is 41.8. The van der Waals surface area contributed by atoms with Gasteiger partial charge in [-0.15, -0.1) is 0 Å². The summed E-state index contributed by atoms with van der Waals surface area (Å²) >= 11 is 0. The Balaban J connectivity index is 1.13. The van der Waals surface area contributed by atoms with E-state index in [2.05, 4.69) is 31.9 Å². The van der Waals surface area contributed by atoms with Gasteiger partial charge in [-0.05, 0) is 70.8 Å². The minimum absolute atomic E-state index is 0.0109. The van der Waals surface area contributed by atoms with Gasteiger partial charge in [0, 0.05) is 38.6 Å². The van der Waals surface area contributed by atoms with E-state index in [0.717, 1.165) is 21.9 Å². The topological polar surface area (TPSA) is 318 Å². The number of aldehydes is 1. The van der Waals surface area contributed by atoms with Crippen LogP contribution >= 0.6 is 0 Å². The molecule has 20 heteroatoms. The van der Waals surface area contributed by atoms with Crippen LogP contribution < -0.4 is 43.4 Å². The third kappa shape index (κ3) is 17.3. The van der Waals surface area contributed by atoms with Crippen LogP contribution in [0.3, 0.4) is 0 Å². The molecule has 0 unspecified atom stereocenters. The molecule has 5 aromatic rings. The highest BCUT2D eigenvalue weighted by Crippen LogP contribution is 2.20. The number of aromatic hydroxyl groups is 1. The first-order chi connectivity index (χ1) is 36.5. The number of phenols is 1. The van der Waals surface area contributed by atoms with E-state index in [4.69, 9.17) is 11.5 Å². The average Bonchev–Trinajstić information content (AvgIpc) is 3.91. The fraction of sp³-hybridized carbons (Fsp3) is 0.321. The Morgan fingerprint density at radius 2 is 1.08 bits per heavy atom. The summed E-state index contributed by atoms with van der Waals surface area (Å²) < 4.78 is 0. The zero-order chi connectivity index (χ0) is 54.6. The van der Waals surface area contributed by atoms with Gasteiger partial charge in [0.1, 0.15) is 42.2 Å². The number of amides is 9. The van der Waals surface area contributed by atoms with Crippen LogP contribution in [0.15, 0.2) is 127 Å². The molecule has 76 heavy (non-hydrogen) atoms. The van der Waals surface area contributed by atoms with Crippen molar-refractivity contribution >= 4 is 70.2 Å². The number of fused-ring (bicyclic) bond motifs is 1. The number of primary amides is 2. The molecule has 0 aromatic heterocycles. The lowest BCUT2D eigenvalue weighted by molar-refractivity contribution is -0.140. The van der Waals surface area contributed by atoms with Gasteiger partial charge in [-0.1, -0.05) is 115 Å². The van der Waals surface area contributed by atoms with Crippen molar-refractivity contribution < 1.29 is 53.1 Å². The summed E-state index contributed by atoms with van der Waals surface area (Å²) in [5.41, 5.74) is 13.3. The molecule has 1 heterocycles. The van der Waals surface area contributed by atoms with E-state index in [1.54, 1.807) is 30.3 Å². The normalized spacial score (nSPS) is 14.9. The molecule has 398 valence electrons. The molecule has 9 amide bonds. The number of hydrogen-bond donors (Lipinski definition) is 9. The third-order valence-corrected chi connectivity index (χ3v) is 12.8. The Bertz CT molecular complexity index is 2870. The molecule has 0 spiro atoms. The molecule has 20 nitrogen and oxygen atoms in total. The van der Waals surface area contributed by atoms with Crippen molar-refractivity contribution in [3.05, 3.63) is 150 Å². The summed E-state index contributed by atoms with van der Waals surface area (Å²) in [4.78, 5) is 134. The van der Waals surface area contributed by atoms with Crippen LogP contribution in [0.4, 0.5) is 0 Å². The largest absolute Gasteiger partial charge is 0.508 e. The molecule has 0 aliphatic carbocycles. The Morgan fingerprint density at radius 1 is 0.566 bits per heavy atom. The molecule has 1 saturated heterocycles. The van der Waals surface area contributed by atoms with E-state index < -0.39 is 96.0 Å². The van der Waals surface area contributed by atoms with Gasteiger partial charge in [-0.3, -0.25) is 43.2 Å². The van der Waals surface area contributed by atoms with Gasteiger partial charge in [0.2, 0.25) is 53.2 Å². The van der Waals surface area contributed by atoms with Crippen molar-refractivity contribution in [2.45, 2.75) is 100 Å². The fourth-order valence-corrected chi connectivity index (χ4v) is 8.82. The van der Waals surface area contributed by atoms with Crippen LogP contribution in [0.2, 0.25) is 0 Å². The first kappa shape index (κ1) is 56.4. The van der Waals surface area contributed by atoms with Crippen LogP contribution in [0, 0.1) is 0 Å². The van der Waals surface area contributed by atoms with E-state index in [1.165, 1.54) is 29.2 Å². The van der Waals surface area contributed by atoms with E-state index in [1.807, 2.05) is 72.8 Å². The number of nitrogens with one attached hydrogen (secondary N) is 6. The van der Waals surface area contributed by atoms with E-state index >= 15 is 0 Å². The summed E-state index contributed by atoms with van der Waals surface area (Å²) in [6.45, 7) is -0.474. The van der Waals surface area contributed by atoms with Crippen LogP contribution in [0.1, 0.15) is 60.8 Å². The Morgan fingerprint density at radius 3 is 1.68 bits per heavy atom. The molecule has 1 aliphatic rings. The van der Waals surface area contributed by atoms with Gasteiger partial charge < -0.3 is 58.2 Å². The molecule has 6 atom stereocenters. The molecule has 0 bridgehead atoms. The third-order valence-electron chi connectivity index (χ3n) is 12.8. The second-order valence-corrected chi connectivity index (χ2v) is 18.6. The maximum Gasteiger partial charge on any atom is 0.243 e. The maximum absolute atomic E-state index is 14.3. The molecule has 11 N–H and O–H groups in total. The van der Waals surface area contributed by atoms with Crippen LogP contribution in [0.5, 0.6) is 5.75 Å². The highest BCUT2D eigenvalue weighted by molar-refractivity contribution is 5.97. The van der Waals surface area contributed by atoms with Crippen molar-refractivity contribution in [1.82, 2.24) is 36.8 Å². The van der Waals surface area contributed by atoms with E-state index in [-0.39, 0.29) is 70.1 Å². The summed E-state index contributed by atoms with van der Waals surface area (Å²) in [6, 6.07) is 29.7. The van der Waals surface area contributed by atoms with Gasteiger partial charge in [0.15, 0.2) is 0 Å². The fourth-order valence-electron chi connectivity index (χ4n) is 8.82. The molecule has 0 saturated carbocycles. The van der Waals surface area contributed by atoms with Gasteiger partial charge in [-0.2, -0.15) is 0 Å². The highest BCUT2D eigenvalue weighted by Gasteiger charge is 2.37. The van der Waals surface area contributed by atoms with Gasteiger partial charge in [0.05, 0.1) is 19.0 Å². The first-order valence-electron chi connectivity index (χ1n) is 25.0. The number of nitrogens with two attached hydrogens (primary N) is 2. The number of nitrogens with zero attached hydrogens (tertiary/aromatic N) is 1. The predicted molar refractivity (Wildman–Crippen MR) is 280 cm³/mol. The lowest BCUT2D eigenvalue weighted by Crippen LogP contribution is -2.58. The van der Waals surface area contributed by atoms with Crippen molar-refractivity contribution in [3.8, 4) is 5.75 Å². The summed E-state index contributed by atoms with van der Waals surface area (Å²) in [6.07, 6.45) is -0.0769. The minimum atomic E-state index is -1.46. The quantitative estimate of drug-likeness (QED) is 0.0335. The summed E-state index contributed by atoms with van der Waals surface area (Å²) in [5.74, 6) is -6.47. The van der Waals surface area contributed by atoms with Crippen LogP contribution in [0.25, 0.3) is 10.8 Å². The van der Waals surface area contributed by atoms with Crippen molar-refractivity contribution in [2.24, 2.45) is 11.5 Å². The van der Waals surface area contributed by atoms with Gasteiger partial charge >= 0.3 is 0 Å². The number of carbonyl (C=O) groups is 10. The number of likely N-dealkylation sites (tertiary alicyclic amines) is 1. The monoisotopic (exact) mass is 1040 g/mol. The van der Waals surface area contributed by atoms with Crippen molar-refractivity contribution in [2.75, 3.05) is 13.1 Å². The number of carbonyl (C=O) groups excluding carboxylic acids is 10. The second-order valence-electron chi connectivity index (χ2n) is 18.6. The molecule has 5 aromatic carbocycles. The average molecular weight is 1040 g/mol. The predicted octanol–water partition coefficient (Wildman–Crippen LogP) is 1.08. The molecule has 1 aliphatic heterocycles. The number of benzene rings is 5. The summed E-state index contributed by atoms with van der Waals surface area (Å²) in [7, 11) is 0. The first-order valence-corrected chi connectivity index (χ1v) is 25.0. The van der Waals surface area contributed by atoms with Gasteiger partial charge in [0.25, 0.3) is 0 Å². The highest BCUT2D eigenvalue weighted by atomic mass is 16.3. The Labute approximate surface area is 439 Å². The Hall–Kier alpha value is -8.94. The zero-order valence-corrected chi connectivity index (χ0v) is 41.8. The van der Waals surface area contributed by atoms with Crippen LogP contribution in [-0.4, -0.2) is 119 Å². The number of phenolic OH excluding ortho intramolecular Hbond substituents is 1. The molecular weight excluding hydrogens is 975 g/mol. The van der Waals surface area contributed by atoms with E-state index in [0.29, 0.717) is 23.8 Å². The number of hydrogen-bond acceptors (Lipinski definition) is 11. The SMILES string of the molecule is NC(=O)CC[C@@H](C=O)NC(=O)[C@H](Cc1ccc(O)cc1)NC(=O)[C@H](CCC(N)=O)NC(=O)[C@@H]1CCCN1C(=O)CNC(=O)[C@H](Cc1ccccc1)NC(=O)[C@H](Cc1ccccc1)NC(=O)Cc1ccc2ccccc2c1. The van der Waals surface area contributed by atoms with Crippen molar-refractivity contribution in [1.29, 1.82) is 0 Å². The number of rotatable bonds is 27. The Kier molecular flexibility index (Phi) is 20.7. The lowest BCUT2D eigenvalue weighted by atomic mass is 10.0. The maximum atomic E-state index is 14.3. The summed E-state index contributed by atoms with van der Waals surface area (Å²) in [5, 5.41) is 27.8. The van der Waals surface area contributed by atoms with Crippen molar-refractivity contribution in [3.63, 3.8) is 0 Å². The lowest BCUT2D eigenvalue weighted by Gasteiger charge is -2.28. The molecule has 6 rings (SSSR count). The second kappa shape index (κ2) is 27.9. The standard InChI is InChI=1S/C56H63N9O11/c57-48(68)25-21-41(34-66)60-54(74)46(31-37-18-22-42(67)23-19-37)64-53(73)43(24-26-49(58)69)62-56(76)47-16-9-27-65(47)51(71)33-59-52(72)44(29-35-10-3-1-4-11-35)63-55(75)45(30-36-12-5-2-6-13-36)61-50(70)32-38-17-20-39-14-7-8-15-40(39)28-38/h1-8,10-15,17-20,22-23,28,34,41,43-47,67H,9,16,21,24-27,29-33H2,(H2,57,68)(H2,58,69)(H,59,72)(H,60,74)(H,61,70)(H,62,76)(H,63,75)(H,64,73)/t41-,43-,44-,45-,46-,47-/m0/s1. The minimum Gasteiger partial charge on any atom is -0.508 e. The molecule has 0 radical (unpaired) electrons. The van der Waals surface area contributed by atoms with E-state index in [9.17, 15) is 53.1 Å². The van der Waals surface area contributed by atoms with Gasteiger partial charge in [-0.25, -0.2) is 0 Å².